The van der Waals surface area contributed by atoms with Crippen molar-refractivity contribution in [2.24, 2.45) is 0 Å². The summed E-state index contributed by atoms with van der Waals surface area (Å²) in [6.45, 7) is 4.61. The topological polar surface area (TPSA) is 70.9 Å². The average Bonchev–Trinajstić information content (AvgIpc) is 3.96. The molecule has 7 nitrogen and oxygen atoms in total. The molecular formula is C74H49N7. The van der Waals surface area contributed by atoms with Crippen molar-refractivity contribution in [1.29, 1.82) is 0 Å². The predicted octanol–water partition coefficient (Wildman–Crippen LogP) is 19.2. The van der Waals surface area contributed by atoms with Crippen molar-refractivity contribution in [3.63, 3.8) is 0 Å². The molecule has 0 saturated heterocycles. The molecule has 0 saturated carbocycles. The fourth-order valence-corrected chi connectivity index (χ4v) is 13.0. The third kappa shape index (κ3) is 7.25. The first-order valence-electron chi connectivity index (χ1n) is 27.6. The van der Waals surface area contributed by atoms with Gasteiger partial charge in [-0.15, -0.1) is 0 Å². The second-order valence-electron chi connectivity index (χ2n) is 21.5. The third-order valence-electron chi connectivity index (χ3n) is 16.6. The van der Waals surface area contributed by atoms with Crippen LogP contribution in [0.4, 0.5) is 34.6 Å². The molecule has 0 radical (unpaired) electrons. The number of para-hydroxylation sites is 2. The second-order valence-corrected chi connectivity index (χ2v) is 21.5. The van der Waals surface area contributed by atoms with Crippen molar-refractivity contribution in [3.05, 3.63) is 272 Å². The molecule has 17 rings (SSSR count). The number of hydrogen-bond donors (Lipinski definition) is 0. The van der Waals surface area contributed by atoms with E-state index in [0.717, 1.165) is 67.0 Å². The van der Waals surface area contributed by atoms with Crippen LogP contribution in [-0.2, 0) is 5.41 Å². The van der Waals surface area contributed by atoms with E-state index in [4.69, 9.17) is 24.9 Å². The Morgan fingerprint density at radius 1 is 0.296 bits per heavy atom. The molecule has 0 spiro atoms. The minimum atomic E-state index is -0.120. The van der Waals surface area contributed by atoms with E-state index in [9.17, 15) is 0 Å². The molecule has 3 aliphatic rings. The summed E-state index contributed by atoms with van der Waals surface area (Å²) in [4.78, 5) is 30.7. The molecule has 7 heteroatoms. The molecule has 2 aliphatic heterocycles. The molecule has 4 heterocycles. The minimum Gasteiger partial charge on any atom is -0.278 e. The summed E-state index contributed by atoms with van der Waals surface area (Å²) in [5, 5.41) is 8.19. The summed E-state index contributed by atoms with van der Waals surface area (Å²) in [5.41, 5.74) is 19.0. The Kier molecular flexibility index (Phi) is 10.5. The summed E-state index contributed by atoms with van der Waals surface area (Å²) in [6.07, 6.45) is 0. The average molecular weight is 1040 g/mol. The van der Waals surface area contributed by atoms with Crippen molar-refractivity contribution in [2.75, 3.05) is 9.80 Å². The normalized spacial score (nSPS) is 13.1. The van der Waals surface area contributed by atoms with E-state index in [-0.39, 0.29) is 5.41 Å². The summed E-state index contributed by atoms with van der Waals surface area (Å²) in [5.74, 6) is 2.60. The van der Waals surface area contributed by atoms with E-state index in [0.29, 0.717) is 23.5 Å². The molecule has 0 bridgehead atoms. The standard InChI is InChI=1S/C40H28N4.C34H21N3/c1-40(2)31-21-8-6-18-29(31)36-30(20-12-22-32(36)40)38-41-37(26-13-4-3-5-14-26)42-39(43-38)44-33-23-9-7-17-27(33)28-19-10-15-25-16-11-24-34(44)35(25)28;1-2-11-24(12-3-1)32-28-21-20-22-10-4-5-15-25(22)33(28)36-34(35-32)37-29-18-7-6-16-26(29)27-17-8-13-23-14-9-19-30(37)31(23)27/h3-24H,1-2H3;1-21H. The molecule has 81 heavy (non-hydrogen) atoms. The second kappa shape index (κ2) is 18.2. The zero-order valence-corrected chi connectivity index (χ0v) is 44.5. The number of aromatic nitrogens is 5. The van der Waals surface area contributed by atoms with Gasteiger partial charge in [-0.25, -0.2) is 15.0 Å². The SMILES string of the molecule is CC1(C)c2ccccc2-c2c(-c3nc(-c4ccccc4)nc(N4c5ccccc5-c5cccc6cccc4c56)n3)cccc21.c1ccc(-c2nc(N3c4ccccc4-c4cccc5cccc3c45)nc3c2ccc2ccccc23)cc1. The lowest BCUT2D eigenvalue weighted by Gasteiger charge is -2.32. The molecule has 0 fully saturated rings. The third-order valence-corrected chi connectivity index (χ3v) is 16.6. The summed E-state index contributed by atoms with van der Waals surface area (Å²) >= 11 is 0. The quantitative estimate of drug-likeness (QED) is 0.159. The Morgan fingerprint density at radius 3 is 1.43 bits per heavy atom. The van der Waals surface area contributed by atoms with E-state index in [2.05, 4.69) is 260 Å². The van der Waals surface area contributed by atoms with Gasteiger partial charge in [-0.2, -0.15) is 9.97 Å². The molecule has 0 atom stereocenters. The van der Waals surface area contributed by atoms with Gasteiger partial charge in [-0.1, -0.05) is 244 Å². The van der Waals surface area contributed by atoms with Crippen molar-refractivity contribution in [1.82, 2.24) is 24.9 Å². The number of nitrogens with zero attached hydrogens (tertiary/aromatic N) is 7. The predicted molar refractivity (Wildman–Crippen MR) is 333 cm³/mol. The molecule has 1 aliphatic carbocycles. The largest absolute Gasteiger partial charge is 0.278 e. The Morgan fingerprint density at radius 2 is 0.765 bits per heavy atom. The Balaban J connectivity index is 0.000000136. The van der Waals surface area contributed by atoms with Gasteiger partial charge >= 0.3 is 0 Å². The lowest BCUT2D eigenvalue weighted by Crippen LogP contribution is -2.18. The van der Waals surface area contributed by atoms with Gasteiger partial charge in [0.15, 0.2) is 11.6 Å². The number of hydrogen-bond acceptors (Lipinski definition) is 7. The number of rotatable bonds is 5. The molecule has 0 amide bonds. The fourth-order valence-electron chi connectivity index (χ4n) is 13.0. The molecule has 0 N–H and O–H groups in total. The monoisotopic (exact) mass is 1040 g/mol. The molecule has 2 aromatic heterocycles. The maximum atomic E-state index is 5.31. The zero-order valence-electron chi connectivity index (χ0n) is 44.5. The van der Waals surface area contributed by atoms with E-state index >= 15 is 0 Å². The van der Waals surface area contributed by atoms with Crippen LogP contribution in [0.25, 0.3) is 111 Å². The highest BCUT2D eigenvalue weighted by atomic mass is 15.3. The first-order chi connectivity index (χ1) is 40.0. The van der Waals surface area contributed by atoms with Crippen molar-refractivity contribution < 1.29 is 0 Å². The fraction of sp³-hybridized carbons (Fsp3) is 0.0405. The van der Waals surface area contributed by atoms with Gasteiger partial charge < -0.3 is 0 Å². The molecule has 0 unspecified atom stereocenters. The van der Waals surface area contributed by atoms with E-state index in [1.807, 2.05) is 24.3 Å². The molecular weight excluding hydrogens is 987 g/mol. The smallest absolute Gasteiger partial charge is 0.238 e. The van der Waals surface area contributed by atoms with E-state index in [1.54, 1.807) is 0 Å². The highest BCUT2D eigenvalue weighted by Gasteiger charge is 2.38. The van der Waals surface area contributed by atoms with E-state index in [1.165, 1.54) is 65.9 Å². The van der Waals surface area contributed by atoms with Crippen LogP contribution < -0.4 is 9.80 Å². The van der Waals surface area contributed by atoms with Crippen LogP contribution in [-0.4, -0.2) is 24.9 Å². The first kappa shape index (κ1) is 46.5. The Labute approximate surface area is 468 Å². The lowest BCUT2D eigenvalue weighted by molar-refractivity contribution is 0.660. The molecule has 380 valence electrons. The highest BCUT2D eigenvalue weighted by Crippen LogP contribution is 2.54. The first-order valence-corrected chi connectivity index (χ1v) is 27.6. The van der Waals surface area contributed by atoms with Gasteiger partial charge in [0.1, 0.15) is 0 Å². The minimum absolute atomic E-state index is 0.120. The Bertz CT molecular complexity index is 4870. The summed E-state index contributed by atoms with van der Waals surface area (Å²) in [7, 11) is 0. The summed E-state index contributed by atoms with van der Waals surface area (Å²) in [6, 6.07) is 91.8. The van der Waals surface area contributed by atoms with Gasteiger partial charge in [0.05, 0.1) is 34.0 Å². The summed E-state index contributed by atoms with van der Waals surface area (Å²) < 4.78 is 0. The van der Waals surface area contributed by atoms with Crippen LogP contribution in [0.5, 0.6) is 0 Å². The molecule has 14 aromatic rings. The van der Waals surface area contributed by atoms with Crippen molar-refractivity contribution >= 4 is 77.9 Å². The van der Waals surface area contributed by atoms with Gasteiger partial charge in [0, 0.05) is 54.8 Å². The zero-order chi connectivity index (χ0) is 53.8. The van der Waals surface area contributed by atoms with Crippen LogP contribution in [0.15, 0.2) is 261 Å². The van der Waals surface area contributed by atoms with Crippen molar-refractivity contribution in [2.45, 2.75) is 19.3 Å². The van der Waals surface area contributed by atoms with Gasteiger partial charge in [-0.3, -0.25) is 9.80 Å². The van der Waals surface area contributed by atoms with Crippen LogP contribution in [0.2, 0.25) is 0 Å². The maximum Gasteiger partial charge on any atom is 0.238 e. The van der Waals surface area contributed by atoms with Gasteiger partial charge in [0.25, 0.3) is 0 Å². The van der Waals surface area contributed by atoms with Crippen molar-refractivity contribution in [3.8, 4) is 67.4 Å². The Hall–Kier alpha value is -10.6. The van der Waals surface area contributed by atoms with Gasteiger partial charge in [0.2, 0.25) is 11.9 Å². The highest BCUT2D eigenvalue weighted by molar-refractivity contribution is 6.16. The van der Waals surface area contributed by atoms with Crippen LogP contribution in [0, 0.1) is 0 Å². The van der Waals surface area contributed by atoms with Crippen LogP contribution in [0.1, 0.15) is 25.0 Å². The van der Waals surface area contributed by atoms with Crippen LogP contribution in [0.3, 0.4) is 0 Å². The number of anilines is 6. The maximum absolute atomic E-state index is 5.31. The number of benzene rings is 12. The molecule has 12 aromatic carbocycles. The van der Waals surface area contributed by atoms with E-state index < -0.39 is 0 Å². The lowest BCUT2D eigenvalue weighted by atomic mass is 9.82. The van der Waals surface area contributed by atoms with Crippen LogP contribution >= 0.6 is 0 Å². The number of fused-ring (bicyclic) bond motifs is 10. The van der Waals surface area contributed by atoms with Gasteiger partial charge in [-0.05, 0) is 79.9 Å².